The smallest absolute Gasteiger partial charge is 0.305 e. The second kappa shape index (κ2) is 8.61. The molecule has 1 saturated heterocycles. The lowest BCUT2D eigenvalue weighted by Crippen LogP contribution is -2.52. The minimum absolute atomic E-state index is 0.0574. The van der Waals surface area contributed by atoms with Gasteiger partial charge in [-0.05, 0) is 20.0 Å². The van der Waals surface area contributed by atoms with Crippen molar-refractivity contribution in [3.05, 3.63) is 0 Å². The molecule has 7 heteroatoms. The second-order valence-corrected chi connectivity index (χ2v) is 5.30. The molecule has 1 heterocycles. The molecule has 0 aromatic heterocycles. The molecule has 1 rings (SSSR count). The maximum absolute atomic E-state index is 12.1. The Hall–Kier alpha value is -1.63. The fourth-order valence-electron chi connectivity index (χ4n) is 2.28. The van der Waals surface area contributed by atoms with E-state index in [0.29, 0.717) is 52.1 Å². The predicted octanol–water partition coefficient (Wildman–Crippen LogP) is -0.438. The van der Waals surface area contributed by atoms with Crippen molar-refractivity contribution in [1.29, 1.82) is 0 Å². The maximum Gasteiger partial charge on any atom is 0.305 e. The first-order valence-electron chi connectivity index (χ1n) is 7.22. The third kappa shape index (κ3) is 6.12. The van der Waals surface area contributed by atoms with Crippen LogP contribution in [0, 0.1) is 0 Å². The number of ether oxygens (including phenoxy) is 1. The standard InChI is InChI=1S/C14H25N3O4/c1-12(18)16-7-9-17(10-8-16)13(19)11-15(2)6-4-5-14(20)21-3/h4-11H2,1-3H3. The highest BCUT2D eigenvalue weighted by atomic mass is 16.5. The molecule has 0 aromatic carbocycles. The minimum Gasteiger partial charge on any atom is -0.469 e. The van der Waals surface area contributed by atoms with Gasteiger partial charge < -0.3 is 14.5 Å². The zero-order valence-electron chi connectivity index (χ0n) is 13.1. The number of methoxy groups -OCH3 is 1. The predicted molar refractivity (Wildman–Crippen MR) is 77.6 cm³/mol. The van der Waals surface area contributed by atoms with Crippen LogP contribution in [0.4, 0.5) is 0 Å². The number of esters is 1. The van der Waals surface area contributed by atoms with Gasteiger partial charge >= 0.3 is 5.97 Å². The van der Waals surface area contributed by atoms with E-state index in [1.54, 1.807) is 16.7 Å². The van der Waals surface area contributed by atoms with Gasteiger partial charge in [-0.25, -0.2) is 0 Å². The lowest BCUT2D eigenvalue weighted by molar-refractivity contribution is -0.140. The van der Waals surface area contributed by atoms with Crippen molar-refractivity contribution >= 4 is 17.8 Å². The Morgan fingerprint density at radius 1 is 1.10 bits per heavy atom. The van der Waals surface area contributed by atoms with Gasteiger partial charge in [0.1, 0.15) is 0 Å². The van der Waals surface area contributed by atoms with E-state index in [1.165, 1.54) is 7.11 Å². The Morgan fingerprint density at radius 3 is 2.19 bits per heavy atom. The van der Waals surface area contributed by atoms with E-state index in [9.17, 15) is 14.4 Å². The molecule has 0 spiro atoms. The van der Waals surface area contributed by atoms with Crippen LogP contribution in [0.3, 0.4) is 0 Å². The van der Waals surface area contributed by atoms with Crippen LogP contribution in [-0.4, -0.2) is 85.9 Å². The third-order valence-electron chi connectivity index (χ3n) is 3.63. The Bertz CT molecular complexity index is 378. The highest BCUT2D eigenvalue weighted by Crippen LogP contribution is 2.03. The molecule has 0 aliphatic carbocycles. The van der Waals surface area contributed by atoms with Crippen LogP contribution in [-0.2, 0) is 19.1 Å². The number of piperazine rings is 1. The van der Waals surface area contributed by atoms with E-state index in [1.807, 2.05) is 11.9 Å². The molecular formula is C14H25N3O4. The summed E-state index contributed by atoms with van der Waals surface area (Å²) in [4.78, 5) is 39.8. The molecule has 0 radical (unpaired) electrons. The monoisotopic (exact) mass is 299 g/mol. The van der Waals surface area contributed by atoms with Crippen molar-refractivity contribution in [2.75, 3.05) is 53.4 Å². The molecule has 0 unspecified atom stereocenters. The second-order valence-electron chi connectivity index (χ2n) is 5.30. The Labute approximate surface area is 125 Å². The van der Waals surface area contributed by atoms with E-state index in [0.717, 1.165) is 0 Å². The van der Waals surface area contributed by atoms with Gasteiger partial charge in [-0.15, -0.1) is 0 Å². The van der Waals surface area contributed by atoms with E-state index in [4.69, 9.17) is 0 Å². The molecular weight excluding hydrogens is 274 g/mol. The topological polar surface area (TPSA) is 70.2 Å². The van der Waals surface area contributed by atoms with E-state index >= 15 is 0 Å². The van der Waals surface area contributed by atoms with Crippen molar-refractivity contribution in [3.8, 4) is 0 Å². The van der Waals surface area contributed by atoms with Gasteiger partial charge in [0, 0.05) is 39.5 Å². The number of likely N-dealkylation sites (N-methyl/N-ethyl adjacent to an activating group) is 1. The summed E-state index contributed by atoms with van der Waals surface area (Å²) in [5.74, 6) is -0.101. The van der Waals surface area contributed by atoms with Crippen LogP contribution in [0.25, 0.3) is 0 Å². The van der Waals surface area contributed by atoms with Gasteiger partial charge in [-0.1, -0.05) is 0 Å². The van der Waals surface area contributed by atoms with Gasteiger partial charge in [-0.3, -0.25) is 19.3 Å². The molecule has 120 valence electrons. The molecule has 1 aliphatic rings. The van der Waals surface area contributed by atoms with Crippen LogP contribution >= 0.6 is 0 Å². The third-order valence-corrected chi connectivity index (χ3v) is 3.63. The number of hydrogen-bond acceptors (Lipinski definition) is 5. The zero-order chi connectivity index (χ0) is 15.8. The lowest BCUT2D eigenvalue weighted by atomic mass is 10.2. The molecule has 0 bridgehead atoms. The normalized spacial score (nSPS) is 15.2. The molecule has 0 saturated carbocycles. The Kier molecular flexibility index (Phi) is 7.14. The molecule has 1 aliphatic heterocycles. The van der Waals surface area contributed by atoms with Crippen LogP contribution in [0.5, 0.6) is 0 Å². The van der Waals surface area contributed by atoms with Crippen LogP contribution in [0.15, 0.2) is 0 Å². The summed E-state index contributed by atoms with van der Waals surface area (Å²) in [5.41, 5.74) is 0. The van der Waals surface area contributed by atoms with Gasteiger partial charge in [-0.2, -0.15) is 0 Å². The minimum atomic E-state index is -0.227. The summed E-state index contributed by atoms with van der Waals surface area (Å²) in [6, 6.07) is 0. The molecule has 0 aromatic rings. The molecule has 7 nitrogen and oxygen atoms in total. The number of nitrogens with zero attached hydrogens (tertiary/aromatic N) is 3. The van der Waals surface area contributed by atoms with Crippen molar-refractivity contribution < 1.29 is 19.1 Å². The average molecular weight is 299 g/mol. The summed E-state index contributed by atoms with van der Waals surface area (Å²) >= 11 is 0. The van der Waals surface area contributed by atoms with Crippen molar-refractivity contribution in [2.45, 2.75) is 19.8 Å². The van der Waals surface area contributed by atoms with E-state index < -0.39 is 0 Å². The summed E-state index contributed by atoms with van der Waals surface area (Å²) in [7, 11) is 3.23. The first-order valence-corrected chi connectivity index (χ1v) is 7.22. The SMILES string of the molecule is COC(=O)CCCN(C)CC(=O)N1CCN(C(C)=O)CC1. The summed E-state index contributed by atoms with van der Waals surface area (Å²) in [6.07, 6.45) is 1.04. The van der Waals surface area contributed by atoms with Crippen LogP contribution in [0.1, 0.15) is 19.8 Å². The van der Waals surface area contributed by atoms with Gasteiger partial charge in [0.15, 0.2) is 0 Å². The van der Waals surface area contributed by atoms with Gasteiger partial charge in [0.25, 0.3) is 0 Å². The summed E-state index contributed by atoms with van der Waals surface area (Å²) in [6.45, 7) is 4.95. The van der Waals surface area contributed by atoms with Crippen molar-refractivity contribution in [1.82, 2.24) is 14.7 Å². The Morgan fingerprint density at radius 2 is 1.67 bits per heavy atom. The first kappa shape index (κ1) is 17.4. The Balaban J connectivity index is 2.24. The number of amides is 2. The number of carbonyl (C=O) groups is 3. The van der Waals surface area contributed by atoms with E-state index in [2.05, 4.69) is 4.74 Å². The lowest BCUT2D eigenvalue weighted by Gasteiger charge is -2.35. The van der Waals surface area contributed by atoms with Crippen molar-refractivity contribution in [3.63, 3.8) is 0 Å². The summed E-state index contributed by atoms with van der Waals surface area (Å²) in [5, 5.41) is 0. The average Bonchev–Trinajstić information content (AvgIpc) is 2.46. The molecule has 0 atom stereocenters. The zero-order valence-corrected chi connectivity index (χ0v) is 13.1. The van der Waals surface area contributed by atoms with Gasteiger partial charge in [0.2, 0.25) is 11.8 Å². The van der Waals surface area contributed by atoms with Crippen LogP contribution in [0.2, 0.25) is 0 Å². The van der Waals surface area contributed by atoms with E-state index in [-0.39, 0.29) is 17.8 Å². The largest absolute Gasteiger partial charge is 0.469 e. The highest BCUT2D eigenvalue weighted by molar-refractivity contribution is 5.79. The molecule has 0 N–H and O–H groups in total. The quantitative estimate of drug-likeness (QED) is 0.622. The highest BCUT2D eigenvalue weighted by Gasteiger charge is 2.22. The molecule has 1 fully saturated rings. The number of hydrogen-bond donors (Lipinski definition) is 0. The van der Waals surface area contributed by atoms with Gasteiger partial charge in [0.05, 0.1) is 13.7 Å². The van der Waals surface area contributed by atoms with Crippen molar-refractivity contribution in [2.24, 2.45) is 0 Å². The number of carbonyl (C=O) groups excluding carboxylic acids is 3. The first-order chi connectivity index (χ1) is 9.93. The molecule has 21 heavy (non-hydrogen) atoms. The van der Waals surface area contributed by atoms with Crippen LogP contribution < -0.4 is 0 Å². The number of rotatable bonds is 6. The summed E-state index contributed by atoms with van der Waals surface area (Å²) < 4.78 is 4.57. The fraction of sp³-hybridized carbons (Fsp3) is 0.786. The fourth-order valence-corrected chi connectivity index (χ4v) is 2.28. The maximum atomic E-state index is 12.1. The molecule has 2 amide bonds.